The Hall–Kier alpha value is -2.81. The third kappa shape index (κ3) is 2.97. The largest absolute Gasteiger partial charge is 0.497 e. The number of ether oxygens (including phenoxy) is 1. The average Bonchev–Trinajstić information content (AvgIpc) is 3.35. The van der Waals surface area contributed by atoms with Gasteiger partial charge >= 0.3 is 0 Å². The van der Waals surface area contributed by atoms with E-state index in [1.165, 1.54) is 53.4 Å². The van der Waals surface area contributed by atoms with Crippen molar-refractivity contribution < 1.29 is 4.74 Å². The molecule has 136 valence electrons. The van der Waals surface area contributed by atoms with Crippen LogP contribution in [0, 0.1) is 0 Å². The van der Waals surface area contributed by atoms with Crippen molar-refractivity contribution in [3.8, 4) is 5.75 Å². The molecule has 0 aliphatic heterocycles. The Morgan fingerprint density at radius 3 is 2.59 bits per heavy atom. The van der Waals surface area contributed by atoms with Gasteiger partial charge in [-0.2, -0.15) is 0 Å². The first kappa shape index (κ1) is 16.4. The van der Waals surface area contributed by atoms with E-state index in [1.54, 1.807) is 7.11 Å². The molecular formula is C24H24N2O. The van der Waals surface area contributed by atoms with Crippen LogP contribution in [0.25, 0.3) is 21.8 Å². The molecule has 5 rings (SSSR count). The molecule has 1 heterocycles. The van der Waals surface area contributed by atoms with E-state index in [1.807, 2.05) is 6.07 Å². The lowest BCUT2D eigenvalue weighted by atomic mass is 10.1. The molecule has 4 aromatic rings. The number of nitrogens with zero attached hydrogens (tertiary/aromatic N) is 2. The summed E-state index contributed by atoms with van der Waals surface area (Å²) < 4.78 is 7.84. The lowest BCUT2D eigenvalue weighted by Gasteiger charge is -2.14. The average molecular weight is 356 g/mol. The van der Waals surface area contributed by atoms with E-state index in [-0.39, 0.29) is 0 Å². The van der Waals surface area contributed by atoms with E-state index in [0.717, 1.165) is 17.8 Å². The summed E-state index contributed by atoms with van der Waals surface area (Å²) in [6.45, 7) is 0.861. The minimum Gasteiger partial charge on any atom is -0.497 e. The molecule has 0 N–H and O–H groups in total. The zero-order valence-corrected chi connectivity index (χ0v) is 15.7. The highest BCUT2D eigenvalue weighted by Gasteiger charge is 2.24. The van der Waals surface area contributed by atoms with Gasteiger partial charge in [-0.15, -0.1) is 0 Å². The number of hydrogen-bond donors (Lipinski definition) is 0. The van der Waals surface area contributed by atoms with Crippen LogP contribution in [0.15, 0.2) is 60.7 Å². The fourth-order valence-electron chi connectivity index (χ4n) is 4.44. The van der Waals surface area contributed by atoms with Gasteiger partial charge in [-0.3, -0.25) is 0 Å². The second kappa shape index (κ2) is 6.73. The van der Waals surface area contributed by atoms with Crippen molar-refractivity contribution in [1.82, 2.24) is 9.55 Å². The summed E-state index contributed by atoms with van der Waals surface area (Å²) in [5, 5.41) is 2.58. The second-order valence-corrected chi connectivity index (χ2v) is 7.57. The zero-order valence-electron chi connectivity index (χ0n) is 15.7. The second-order valence-electron chi connectivity index (χ2n) is 7.57. The number of benzene rings is 3. The highest BCUT2D eigenvalue weighted by Crippen LogP contribution is 2.36. The smallest absolute Gasteiger partial charge is 0.121 e. The maximum Gasteiger partial charge on any atom is 0.121 e. The molecule has 0 unspecified atom stereocenters. The molecule has 3 nitrogen and oxygen atoms in total. The van der Waals surface area contributed by atoms with Crippen LogP contribution in [-0.2, 0) is 6.54 Å². The molecule has 1 saturated carbocycles. The van der Waals surface area contributed by atoms with Crippen molar-refractivity contribution in [3.63, 3.8) is 0 Å². The van der Waals surface area contributed by atoms with E-state index >= 15 is 0 Å². The van der Waals surface area contributed by atoms with Crippen molar-refractivity contribution in [2.45, 2.75) is 38.1 Å². The zero-order chi connectivity index (χ0) is 18.2. The molecule has 1 aromatic heterocycles. The molecule has 0 radical (unpaired) electrons. The number of rotatable bonds is 4. The van der Waals surface area contributed by atoms with Gasteiger partial charge in [0, 0.05) is 18.5 Å². The third-order valence-corrected chi connectivity index (χ3v) is 5.86. The fraction of sp³-hybridized carbons (Fsp3) is 0.292. The fourth-order valence-corrected chi connectivity index (χ4v) is 4.44. The Kier molecular flexibility index (Phi) is 4.08. The molecule has 0 amide bonds. The van der Waals surface area contributed by atoms with Crippen LogP contribution in [0.1, 0.15) is 43.0 Å². The predicted octanol–water partition coefficient (Wildman–Crippen LogP) is 5.90. The number of aromatic nitrogens is 2. The van der Waals surface area contributed by atoms with Crippen molar-refractivity contribution in [1.29, 1.82) is 0 Å². The van der Waals surface area contributed by atoms with Gasteiger partial charge in [0.1, 0.15) is 11.6 Å². The van der Waals surface area contributed by atoms with E-state index in [0.29, 0.717) is 5.92 Å². The minimum absolute atomic E-state index is 0.573. The first-order valence-corrected chi connectivity index (χ1v) is 9.84. The molecule has 0 saturated heterocycles. The number of imidazole rings is 1. The van der Waals surface area contributed by atoms with Gasteiger partial charge in [0.05, 0.1) is 18.1 Å². The van der Waals surface area contributed by atoms with Crippen LogP contribution in [0.3, 0.4) is 0 Å². The summed E-state index contributed by atoms with van der Waals surface area (Å²) in [6.07, 6.45) is 5.12. The van der Waals surface area contributed by atoms with Crippen molar-refractivity contribution in [2.24, 2.45) is 0 Å². The van der Waals surface area contributed by atoms with Gasteiger partial charge < -0.3 is 9.30 Å². The lowest BCUT2D eigenvalue weighted by Crippen LogP contribution is -2.08. The van der Waals surface area contributed by atoms with E-state index in [9.17, 15) is 0 Å². The van der Waals surface area contributed by atoms with Crippen LogP contribution in [0.4, 0.5) is 0 Å². The molecule has 0 bridgehead atoms. The standard InChI is InChI=1S/C24H24N2O/c1-27-21-12-13-23-22(15-21)25-24(19-7-3-4-8-19)26(23)16-17-10-11-18-6-2-5-9-20(18)14-17/h2,5-6,9-15,19H,3-4,7-8,16H2,1H3. The Morgan fingerprint density at radius 2 is 1.78 bits per heavy atom. The first-order chi connectivity index (χ1) is 13.3. The normalized spacial score (nSPS) is 15.0. The summed E-state index contributed by atoms with van der Waals surface area (Å²) in [7, 11) is 1.71. The monoisotopic (exact) mass is 356 g/mol. The maximum atomic E-state index is 5.41. The molecule has 27 heavy (non-hydrogen) atoms. The molecule has 0 atom stereocenters. The Morgan fingerprint density at radius 1 is 0.963 bits per heavy atom. The Labute approximate surface area is 159 Å². The molecule has 1 aliphatic rings. The molecule has 3 heteroatoms. The Balaban J connectivity index is 1.61. The van der Waals surface area contributed by atoms with E-state index in [4.69, 9.17) is 9.72 Å². The topological polar surface area (TPSA) is 27.1 Å². The molecule has 3 aromatic carbocycles. The summed E-state index contributed by atoms with van der Waals surface area (Å²) in [5.74, 6) is 2.68. The Bertz CT molecular complexity index is 1110. The van der Waals surface area contributed by atoms with E-state index in [2.05, 4.69) is 59.2 Å². The van der Waals surface area contributed by atoms with Gasteiger partial charge in [0.2, 0.25) is 0 Å². The predicted molar refractivity (Wildman–Crippen MR) is 111 cm³/mol. The molecule has 1 aliphatic carbocycles. The van der Waals surface area contributed by atoms with Gasteiger partial charge in [-0.25, -0.2) is 4.98 Å². The molecule has 0 spiro atoms. The number of hydrogen-bond acceptors (Lipinski definition) is 2. The molecular weight excluding hydrogens is 332 g/mol. The van der Waals surface area contributed by atoms with Crippen LogP contribution in [0.2, 0.25) is 0 Å². The number of methoxy groups -OCH3 is 1. The van der Waals surface area contributed by atoms with E-state index < -0.39 is 0 Å². The van der Waals surface area contributed by atoms with Gasteiger partial charge in [-0.1, -0.05) is 49.2 Å². The van der Waals surface area contributed by atoms with Crippen molar-refractivity contribution in [2.75, 3.05) is 7.11 Å². The SMILES string of the molecule is COc1ccc2c(c1)nc(C1CCCC1)n2Cc1ccc2ccccc2c1. The third-order valence-electron chi connectivity index (χ3n) is 5.86. The quantitative estimate of drug-likeness (QED) is 0.455. The van der Waals surface area contributed by atoms with Crippen molar-refractivity contribution in [3.05, 3.63) is 72.1 Å². The number of fused-ring (bicyclic) bond motifs is 2. The minimum atomic E-state index is 0.573. The van der Waals surface area contributed by atoms with Crippen LogP contribution in [0.5, 0.6) is 5.75 Å². The highest BCUT2D eigenvalue weighted by molar-refractivity contribution is 5.83. The van der Waals surface area contributed by atoms with Gasteiger partial charge in [0.25, 0.3) is 0 Å². The van der Waals surface area contributed by atoms with Crippen LogP contribution >= 0.6 is 0 Å². The first-order valence-electron chi connectivity index (χ1n) is 9.84. The maximum absolute atomic E-state index is 5.41. The lowest BCUT2D eigenvalue weighted by molar-refractivity contribution is 0.415. The summed E-state index contributed by atoms with van der Waals surface area (Å²) in [4.78, 5) is 5.04. The summed E-state index contributed by atoms with van der Waals surface area (Å²) in [6, 6.07) is 21.6. The van der Waals surface area contributed by atoms with Gasteiger partial charge in [0.15, 0.2) is 0 Å². The van der Waals surface area contributed by atoms with Crippen LogP contribution < -0.4 is 4.74 Å². The molecule has 1 fully saturated rings. The summed E-state index contributed by atoms with van der Waals surface area (Å²) >= 11 is 0. The van der Waals surface area contributed by atoms with Crippen molar-refractivity contribution >= 4 is 21.8 Å². The van der Waals surface area contributed by atoms with Crippen LogP contribution in [-0.4, -0.2) is 16.7 Å². The van der Waals surface area contributed by atoms with Gasteiger partial charge in [-0.05, 0) is 47.4 Å². The summed E-state index contributed by atoms with van der Waals surface area (Å²) in [5.41, 5.74) is 3.56. The highest BCUT2D eigenvalue weighted by atomic mass is 16.5.